The second-order valence-electron chi connectivity index (χ2n) is 4.52. The first-order valence-corrected chi connectivity index (χ1v) is 8.51. The first-order valence-electron chi connectivity index (χ1n) is 6.10. The number of anilines is 1. The van der Waals surface area contributed by atoms with Gasteiger partial charge in [0.25, 0.3) is 0 Å². The molecule has 2 rings (SSSR count). The highest BCUT2D eigenvalue weighted by Gasteiger charge is 2.19. The Kier molecular flexibility index (Phi) is 5.03. The average molecular weight is 346 g/mol. The van der Waals surface area contributed by atoms with E-state index in [1.165, 1.54) is 0 Å². The summed E-state index contributed by atoms with van der Waals surface area (Å²) < 4.78 is 26.7. The van der Waals surface area contributed by atoms with Crippen molar-refractivity contribution in [3.8, 4) is 0 Å². The van der Waals surface area contributed by atoms with Gasteiger partial charge in [-0.1, -0.05) is 60.5 Å². The summed E-state index contributed by atoms with van der Waals surface area (Å²) in [5, 5.41) is -0.0180. The van der Waals surface area contributed by atoms with E-state index in [0.29, 0.717) is 0 Å². The van der Waals surface area contributed by atoms with Crippen LogP contribution in [-0.4, -0.2) is 24.1 Å². The van der Waals surface area contributed by atoms with Crippen LogP contribution in [0, 0.1) is 0 Å². The number of aromatic nitrogens is 2. The van der Waals surface area contributed by atoms with Crippen molar-refractivity contribution >= 4 is 39.0 Å². The molecule has 5 nitrogen and oxygen atoms in total. The Morgan fingerprint density at radius 3 is 2.52 bits per heavy atom. The van der Waals surface area contributed by atoms with E-state index >= 15 is 0 Å². The lowest BCUT2D eigenvalue weighted by Gasteiger charge is -2.14. The first-order chi connectivity index (χ1) is 9.89. The molecule has 0 aliphatic carbocycles. The number of hydrogen-bond acceptors (Lipinski definition) is 4. The molecule has 1 heterocycles. The lowest BCUT2D eigenvalue weighted by molar-refractivity contribution is 0.595. The molecular formula is C13H13Cl2N3O2S. The van der Waals surface area contributed by atoms with Crippen LogP contribution in [0.2, 0.25) is 10.2 Å². The van der Waals surface area contributed by atoms with Crippen molar-refractivity contribution in [2.24, 2.45) is 0 Å². The summed E-state index contributed by atoms with van der Waals surface area (Å²) in [6.07, 6.45) is 1.15. The summed E-state index contributed by atoms with van der Waals surface area (Å²) in [5.41, 5.74) is 0.940. The quantitative estimate of drug-likeness (QED) is 0.843. The highest BCUT2D eigenvalue weighted by atomic mass is 35.5. The van der Waals surface area contributed by atoms with Crippen molar-refractivity contribution in [2.45, 2.75) is 12.8 Å². The summed E-state index contributed by atoms with van der Waals surface area (Å²) in [6.45, 7) is 1.84. The Balaban J connectivity index is 2.14. The predicted octanol–water partition coefficient (Wildman–Crippen LogP) is 3.33. The van der Waals surface area contributed by atoms with E-state index in [9.17, 15) is 8.42 Å². The van der Waals surface area contributed by atoms with Gasteiger partial charge in [0.05, 0.1) is 5.75 Å². The molecule has 1 unspecified atom stereocenters. The van der Waals surface area contributed by atoms with Crippen molar-refractivity contribution in [1.82, 2.24) is 9.97 Å². The van der Waals surface area contributed by atoms with E-state index in [1.54, 1.807) is 0 Å². The van der Waals surface area contributed by atoms with Gasteiger partial charge in [0.15, 0.2) is 11.0 Å². The van der Waals surface area contributed by atoms with Crippen molar-refractivity contribution < 1.29 is 8.42 Å². The van der Waals surface area contributed by atoms with Gasteiger partial charge in [-0.2, -0.15) is 0 Å². The van der Waals surface area contributed by atoms with Crippen molar-refractivity contribution in [3.05, 3.63) is 52.4 Å². The van der Waals surface area contributed by atoms with Gasteiger partial charge >= 0.3 is 0 Å². The summed E-state index contributed by atoms with van der Waals surface area (Å²) >= 11 is 11.6. The van der Waals surface area contributed by atoms with E-state index < -0.39 is 10.0 Å². The molecule has 0 fully saturated rings. The molecule has 0 bridgehead atoms. The van der Waals surface area contributed by atoms with Gasteiger partial charge < -0.3 is 0 Å². The van der Waals surface area contributed by atoms with Crippen LogP contribution in [0.4, 0.5) is 5.82 Å². The topological polar surface area (TPSA) is 72.0 Å². The molecule has 1 aromatic heterocycles. The number of sulfonamides is 1. The highest BCUT2D eigenvalue weighted by molar-refractivity contribution is 7.92. The molecule has 0 aliphatic heterocycles. The van der Waals surface area contributed by atoms with Crippen LogP contribution >= 0.6 is 23.2 Å². The van der Waals surface area contributed by atoms with Gasteiger partial charge in [0.2, 0.25) is 10.0 Å². The van der Waals surface area contributed by atoms with Crippen LogP contribution in [0.15, 0.2) is 36.7 Å². The molecular weight excluding hydrogens is 333 g/mol. The standard InChI is InChI=1S/C13H13Cl2N3O2S/c1-9(10-5-3-2-4-6-10)7-21(19,20)18-13-11(14)12(15)16-8-17-13/h2-6,8-9H,7H2,1H3,(H,16,17,18). The maximum atomic E-state index is 12.2. The second kappa shape index (κ2) is 6.60. The monoisotopic (exact) mass is 345 g/mol. The van der Waals surface area contributed by atoms with Gasteiger partial charge in [-0.15, -0.1) is 0 Å². The second-order valence-corrected chi connectivity index (χ2v) is 7.03. The number of rotatable bonds is 5. The van der Waals surface area contributed by atoms with Crippen molar-refractivity contribution in [2.75, 3.05) is 10.5 Å². The van der Waals surface area contributed by atoms with Gasteiger partial charge in [0, 0.05) is 0 Å². The van der Waals surface area contributed by atoms with E-state index in [0.717, 1.165) is 11.9 Å². The van der Waals surface area contributed by atoms with Gasteiger partial charge in [0.1, 0.15) is 11.3 Å². The average Bonchev–Trinajstić information content (AvgIpc) is 2.44. The molecule has 1 aromatic carbocycles. The smallest absolute Gasteiger partial charge is 0.234 e. The fourth-order valence-electron chi connectivity index (χ4n) is 1.82. The minimum absolute atomic E-state index is 0.000439. The molecule has 0 saturated heterocycles. The molecule has 112 valence electrons. The molecule has 1 N–H and O–H groups in total. The van der Waals surface area contributed by atoms with E-state index in [-0.39, 0.29) is 27.7 Å². The third-order valence-electron chi connectivity index (χ3n) is 2.84. The largest absolute Gasteiger partial charge is 0.266 e. The van der Waals surface area contributed by atoms with Crippen LogP contribution in [-0.2, 0) is 10.0 Å². The summed E-state index contributed by atoms with van der Waals surface area (Å²) in [7, 11) is -3.60. The first kappa shape index (κ1) is 16.0. The summed E-state index contributed by atoms with van der Waals surface area (Å²) in [6, 6.07) is 9.38. The maximum Gasteiger partial charge on any atom is 0.234 e. The fourth-order valence-corrected chi connectivity index (χ4v) is 3.53. The van der Waals surface area contributed by atoms with Crippen molar-refractivity contribution in [1.29, 1.82) is 0 Å². The van der Waals surface area contributed by atoms with Gasteiger partial charge in [-0.05, 0) is 11.5 Å². The van der Waals surface area contributed by atoms with Crippen molar-refractivity contribution in [3.63, 3.8) is 0 Å². The number of benzene rings is 1. The number of nitrogens with one attached hydrogen (secondary N) is 1. The molecule has 2 aromatic rings. The van der Waals surface area contributed by atoms with Gasteiger partial charge in [-0.3, -0.25) is 4.72 Å². The molecule has 8 heteroatoms. The molecule has 0 radical (unpaired) electrons. The zero-order valence-electron chi connectivity index (χ0n) is 11.1. The zero-order chi connectivity index (χ0) is 15.5. The van der Waals surface area contributed by atoms with Crippen LogP contribution in [0.1, 0.15) is 18.4 Å². The fraction of sp³-hybridized carbons (Fsp3) is 0.231. The number of hydrogen-bond donors (Lipinski definition) is 1. The van der Waals surface area contributed by atoms with Crippen LogP contribution < -0.4 is 4.72 Å². The normalized spacial score (nSPS) is 12.9. The lowest BCUT2D eigenvalue weighted by Crippen LogP contribution is -2.21. The third-order valence-corrected chi connectivity index (χ3v) is 5.02. The molecule has 0 spiro atoms. The zero-order valence-corrected chi connectivity index (χ0v) is 13.5. The molecule has 0 saturated carbocycles. The Bertz CT molecular complexity index is 723. The van der Waals surface area contributed by atoms with E-state index in [1.807, 2.05) is 37.3 Å². The summed E-state index contributed by atoms with van der Waals surface area (Å²) in [4.78, 5) is 7.45. The number of nitrogens with zero attached hydrogens (tertiary/aromatic N) is 2. The van der Waals surface area contributed by atoms with Crippen LogP contribution in [0.3, 0.4) is 0 Å². The summed E-state index contributed by atoms with van der Waals surface area (Å²) in [5.74, 6) is -0.272. The Morgan fingerprint density at radius 2 is 1.86 bits per heavy atom. The molecule has 0 amide bonds. The predicted molar refractivity (Wildman–Crippen MR) is 84.3 cm³/mol. The van der Waals surface area contributed by atoms with E-state index in [4.69, 9.17) is 23.2 Å². The van der Waals surface area contributed by atoms with Gasteiger partial charge in [-0.25, -0.2) is 18.4 Å². The Labute approximate surface area is 133 Å². The van der Waals surface area contributed by atoms with E-state index in [2.05, 4.69) is 14.7 Å². The third kappa shape index (κ3) is 4.30. The number of halogens is 2. The van der Waals surface area contributed by atoms with Crippen LogP contribution in [0.25, 0.3) is 0 Å². The molecule has 1 atom stereocenters. The maximum absolute atomic E-state index is 12.2. The minimum Gasteiger partial charge on any atom is -0.266 e. The molecule has 21 heavy (non-hydrogen) atoms. The Hall–Kier alpha value is -1.37. The lowest BCUT2D eigenvalue weighted by atomic mass is 10.0. The minimum atomic E-state index is -3.60. The van der Waals surface area contributed by atoms with Crippen LogP contribution in [0.5, 0.6) is 0 Å². The SMILES string of the molecule is CC(CS(=O)(=O)Nc1ncnc(Cl)c1Cl)c1ccccc1. The molecule has 0 aliphatic rings. The Morgan fingerprint density at radius 1 is 1.19 bits per heavy atom. The highest BCUT2D eigenvalue weighted by Crippen LogP contribution is 2.27.